The number of hydrogen-bond donors (Lipinski definition) is 2. The molecule has 7 nitrogen and oxygen atoms in total. The van der Waals surface area contributed by atoms with Crippen LogP contribution in [0.1, 0.15) is 29.5 Å². The molecule has 1 atom stereocenters. The highest BCUT2D eigenvalue weighted by Crippen LogP contribution is 2.27. The van der Waals surface area contributed by atoms with Gasteiger partial charge in [-0.25, -0.2) is 0 Å². The van der Waals surface area contributed by atoms with Crippen LogP contribution in [0.5, 0.6) is 0 Å². The zero-order chi connectivity index (χ0) is 18.1. The van der Waals surface area contributed by atoms with Gasteiger partial charge in [-0.3, -0.25) is 14.4 Å². The number of aliphatic hydroxyl groups is 2. The van der Waals surface area contributed by atoms with Crippen LogP contribution in [-0.4, -0.2) is 57.0 Å². The number of aryl methyl sites for hydroxylation is 1. The fraction of sp³-hybridized carbons (Fsp3) is 0.474. The maximum Gasteiger partial charge on any atom is 0.241 e. The second kappa shape index (κ2) is 7.19. The molecule has 1 amide bonds. The van der Waals surface area contributed by atoms with E-state index >= 15 is 0 Å². The Kier molecular flexibility index (Phi) is 4.76. The van der Waals surface area contributed by atoms with E-state index in [9.17, 15) is 9.90 Å². The lowest BCUT2D eigenvalue weighted by Crippen LogP contribution is -2.39. The molecule has 7 heteroatoms. The number of benzene rings is 1. The summed E-state index contributed by atoms with van der Waals surface area (Å²) in [5.74, 6) is 0.124. The molecular weight excluding hydrogens is 332 g/mol. The fourth-order valence-electron chi connectivity index (χ4n) is 3.82. The van der Waals surface area contributed by atoms with Gasteiger partial charge in [-0.1, -0.05) is 18.2 Å². The molecular formula is C19H24N4O3. The third-order valence-corrected chi connectivity index (χ3v) is 5.17. The molecule has 0 aliphatic carbocycles. The fourth-order valence-corrected chi connectivity index (χ4v) is 3.82. The predicted molar refractivity (Wildman–Crippen MR) is 96.7 cm³/mol. The number of rotatable bonds is 4. The average molecular weight is 356 g/mol. The molecule has 4 rings (SSSR count). The van der Waals surface area contributed by atoms with Crippen LogP contribution in [0.3, 0.4) is 0 Å². The topological polar surface area (TPSA) is 81.8 Å². The Bertz CT molecular complexity index is 804. The number of anilines is 1. The summed E-state index contributed by atoms with van der Waals surface area (Å²) in [5, 5.41) is 23.3. The number of aromatic nitrogens is 2. The number of fused-ring (bicyclic) bond motifs is 2. The zero-order valence-electron chi connectivity index (χ0n) is 14.7. The molecule has 0 saturated carbocycles. The second-order valence-corrected chi connectivity index (χ2v) is 6.97. The SMILES string of the molecule is O=C(CN1CCCn2nc(C(O)CO)cc2C1)N1CCc2ccccc21. The third kappa shape index (κ3) is 3.25. The second-order valence-electron chi connectivity index (χ2n) is 6.97. The van der Waals surface area contributed by atoms with Gasteiger partial charge in [-0.05, 0) is 30.5 Å². The Morgan fingerprint density at radius 3 is 2.92 bits per heavy atom. The summed E-state index contributed by atoms with van der Waals surface area (Å²) in [6.45, 7) is 2.99. The van der Waals surface area contributed by atoms with Gasteiger partial charge in [0.2, 0.25) is 5.91 Å². The predicted octanol–water partition coefficient (Wildman–Crippen LogP) is 0.704. The molecule has 0 bridgehead atoms. The van der Waals surface area contributed by atoms with Crippen molar-refractivity contribution < 1.29 is 15.0 Å². The van der Waals surface area contributed by atoms with E-state index in [4.69, 9.17) is 5.11 Å². The monoisotopic (exact) mass is 356 g/mol. The smallest absolute Gasteiger partial charge is 0.241 e. The highest BCUT2D eigenvalue weighted by atomic mass is 16.3. The minimum Gasteiger partial charge on any atom is -0.393 e. The van der Waals surface area contributed by atoms with Crippen molar-refractivity contribution in [3.8, 4) is 0 Å². The minimum absolute atomic E-state index is 0.124. The number of para-hydroxylation sites is 1. The van der Waals surface area contributed by atoms with Gasteiger partial charge in [0.25, 0.3) is 0 Å². The van der Waals surface area contributed by atoms with Crippen molar-refractivity contribution >= 4 is 11.6 Å². The van der Waals surface area contributed by atoms with Crippen LogP contribution in [0.2, 0.25) is 0 Å². The van der Waals surface area contributed by atoms with Crippen LogP contribution in [0, 0.1) is 0 Å². The van der Waals surface area contributed by atoms with Crippen molar-refractivity contribution in [2.75, 3.05) is 31.1 Å². The van der Waals surface area contributed by atoms with E-state index in [0.717, 1.165) is 43.9 Å². The Balaban J connectivity index is 1.46. The van der Waals surface area contributed by atoms with Crippen LogP contribution in [0.15, 0.2) is 30.3 Å². The van der Waals surface area contributed by atoms with E-state index in [-0.39, 0.29) is 12.5 Å². The number of amides is 1. The van der Waals surface area contributed by atoms with E-state index in [2.05, 4.69) is 16.1 Å². The minimum atomic E-state index is -0.953. The van der Waals surface area contributed by atoms with Crippen LogP contribution in [-0.2, 0) is 24.3 Å². The van der Waals surface area contributed by atoms with E-state index < -0.39 is 6.10 Å². The van der Waals surface area contributed by atoms with Crippen LogP contribution < -0.4 is 4.90 Å². The first-order valence-corrected chi connectivity index (χ1v) is 9.12. The lowest BCUT2D eigenvalue weighted by atomic mass is 10.2. The van der Waals surface area contributed by atoms with E-state index in [1.54, 1.807) is 0 Å². The Morgan fingerprint density at radius 2 is 2.08 bits per heavy atom. The summed E-state index contributed by atoms with van der Waals surface area (Å²) in [6, 6.07) is 9.92. The molecule has 0 radical (unpaired) electrons. The first-order chi connectivity index (χ1) is 12.7. The number of nitrogens with zero attached hydrogens (tertiary/aromatic N) is 4. The Morgan fingerprint density at radius 1 is 1.23 bits per heavy atom. The van der Waals surface area contributed by atoms with Crippen LogP contribution >= 0.6 is 0 Å². The Hall–Kier alpha value is -2.22. The molecule has 0 spiro atoms. The first kappa shape index (κ1) is 17.2. The normalized spacial score (nSPS) is 18.3. The van der Waals surface area contributed by atoms with Gasteiger partial charge in [0.1, 0.15) is 6.10 Å². The lowest BCUT2D eigenvalue weighted by molar-refractivity contribution is -0.119. The number of carbonyl (C=O) groups is 1. The van der Waals surface area contributed by atoms with Crippen molar-refractivity contribution in [2.24, 2.45) is 0 Å². The van der Waals surface area contributed by atoms with E-state index in [0.29, 0.717) is 18.8 Å². The third-order valence-electron chi connectivity index (χ3n) is 5.17. The zero-order valence-corrected chi connectivity index (χ0v) is 14.7. The van der Waals surface area contributed by atoms with Gasteiger partial charge in [0.15, 0.2) is 0 Å². The van der Waals surface area contributed by atoms with Crippen molar-refractivity contribution in [2.45, 2.75) is 32.0 Å². The van der Waals surface area contributed by atoms with Crippen LogP contribution in [0.4, 0.5) is 5.69 Å². The van der Waals surface area contributed by atoms with Gasteiger partial charge in [0, 0.05) is 31.9 Å². The van der Waals surface area contributed by atoms with Gasteiger partial charge in [-0.2, -0.15) is 5.10 Å². The molecule has 1 unspecified atom stereocenters. The summed E-state index contributed by atoms with van der Waals surface area (Å²) in [7, 11) is 0. The molecule has 26 heavy (non-hydrogen) atoms. The maximum absolute atomic E-state index is 12.8. The average Bonchev–Trinajstić information content (AvgIpc) is 3.21. The van der Waals surface area contributed by atoms with Crippen molar-refractivity contribution in [3.05, 3.63) is 47.3 Å². The standard InChI is InChI=1S/C19H24N4O3/c24-13-18(25)16-10-15-11-21(7-3-8-23(15)20-16)12-19(26)22-9-6-14-4-1-2-5-17(14)22/h1-2,4-5,10,18,24-25H,3,6-9,11-13H2. The van der Waals surface area contributed by atoms with Gasteiger partial charge in [0.05, 0.1) is 24.5 Å². The van der Waals surface area contributed by atoms with E-state index in [1.165, 1.54) is 5.56 Å². The molecule has 1 aromatic carbocycles. The maximum atomic E-state index is 12.8. The number of aliphatic hydroxyl groups excluding tert-OH is 2. The largest absolute Gasteiger partial charge is 0.393 e. The molecule has 2 N–H and O–H groups in total. The summed E-state index contributed by atoms with van der Waals surface area (Å²) in [5.41, 5.74) is 3.73. The summed E-state index contributed by atoms with van der Waals surface area (Å²) >= 11 is 0. The Labute approximate surface area is 152 Å². The van der Waals surface area contributed by atoms with Gasteiger partial charge >= 0.3 is 0 Å². The van der Waals surface area contributed by atoms with Gasteiger partial charge in [-0.15, -0.1) is 0 Å². The van der Waals surface area contributed by atoms with Crippen LogP contribution in [0.25, 0.3) is 0 Å². The first-order valence-electron chi connectivity index (χ1n) is 9.12. The number of hydrogen-bond acceptors (Lipinski definition) is 5. The lowest BCUT2D eigenvalue weighted by Gasteiger charge is -2.23. The molecule has 0 fully saturated rings. The molecule has 2 aliphatic heterocycles. The molecule has 1 aromatic heterocycles. The molecule has 138 valence electrons. The number of carbonyl (C=O) groups excluding carboxylic acids is 1. The van der Waals surface area contributed by atoms with Crippen molar-refractivity contribution in [3.63, 3.8) is 0 Å². The summed E-state index contributed by atoms with van der Waals surface area (Å²) in [4.78, 5) is 16.9. The highest BCUT2D eigenvalue weighted by molar-refractivity contribution is 5.96. The molecule has 2 aliphatic rings. The molecule has 3 heterocycles. The summed E-state index contributed by atoms with van der Waals surface area (Å²) in [6.07, 6.45) is 0.857. The van der Waals surface area contributed by atoms with E-state index in [1.807, 2.05) is 33.8 Å². The van der Waals surface area contributed by atoms with Crippen molar-refractivity contribution in [1.82, 2.24) is 14.7 Å². The van der Waals surface area contributed by atoms with Crippen molar-refractivity contribution in [1.29, 1.82) is 0 Å². The highest BCUT2D eigenvalue weighted by Gasteiger charge is 2.27. The quantitative estimate of drug-likeness (QED) is 0.843. The molecule has 0 saturated heterocycles. The van der Waals surface area contributed by atoms with Gasteiger partial charge < -0.3 is 15.1 Å². The summed E-state index contributed by atoms with van der Waals surface area (Å²) < 4.78 is 1.88. The molecule has 2 aromatic rings.